The first kappa shape index (κ1) is 10.8. The molecule has 2 rings (SSSR count). The van der Waals surface area contributed by atoms with Crippen molar-refractivity contribution < 1.29 is 4.39 Å². The molecule has 2 N–H and O–H groups in total. The first-order valence-corrected chi connectivity index (χ1v) is 5.27. The highest BCUT2D eigenvalue weighted by atomic mass is 19.1. The first-order valence-electron chi connectivity index (χ1n) is 5.27. The van der Waals surface area contributed by atoms with E-state index in [4.69, 9.17) is 5.73 Å². The minimum Gasteiger partial charge on any atom is -0.326 e. The first-order chi connectivity index (χ1) is 7.76. The second-order valence-corrected chi connectivity index (χ2v) is 3.54. The van der Waals surface area contributed by atoms with E-state index < -0.39 is 0 Å². The van der Waals surface area contributed by atoms with Gasteiger partial charge in [0, 0.05) is 30.4 Å². The van der Waals surface area contributed by atoms with Crippen molar-refractivity contribution in [2.45, 2.75) is 20.0 Å². The van der Waals surface area contributed by atoms with Gasteiger partial charge in [0.1, 0.15) is 5.82 Å². The fraction of sp³-hybridized carbons (Fsp3) is 0.250. The Kier molecular flexibility index (Phi) is 3.01. The fourth-order valence-corrected chi connectivity index (χ4v) is 1.72. The van der Waals surface area contributed by atoms with Crippen LogP contribution in [0.5, 0.6) is 0 Å². The zero-order chi connectivity index (χ0) is 11.5. The van der Waals surface area contributed by atoms with E-state index in [2.05, 4.69) is 5.10 Å². The lowest BCUT2D eigenvalue weighted by Gasteiger charge is -2.07. The van der Waals surface area contributed by atoms with E-state index in [0.29, 0.717) is 5.56 Å². The molecule has 0 aliphatic rings. The number of nitrogens with zero attached hydrogens (tertiary/aromatic N) is 2. The quantitative estimate of drug-likeness (QED) is 0.859. The third-order valence-corrected chi connectivity index (χ3v) is 2.58. The number of rotatable bonds is 3. The summed E-state index contributed by atoms with van der Waals surface area (Å²) in [6.07, 6.45) is 1.74. The van der Waals surface area contributed by atoms with E-state index in [0.717, 1.165) is 17.8 Å². The van der Waals surface area contributed by atoms with Crippen molar-refractivity contribution in [3.05, 3.63) is 41.8 Å². The Balaban J connectivity index is 2.48. The number of hydrogen-bond acceptors (Lipinski definition) is 2. The van der Waals surface area contributed by atoms with E-state index in [9.17, 15) is 4.39 Å². The van der Waals surface area contributed by atoms with Crippen LogP contribution in [0.25, 0.3) is 11.3 Å². The molecule has 0 unspecified atom stereocenters. The summed E-state index contributed by atoms with van der Waals surface area (Å²) in [7, 11) is 0. The van der Waals surface area contributed by atoms with E-state index in [1.54, 1.807) is 18.3 Å². The maximum absolute atomic E-state index is 13.3. The number of nitrogens with two attached hydrogens (primary N) is 1. The molecule has 4 heteroatoms. The summed E-state index contributed by atoms with van der Waals surface area (Å²) < 4.78 is 15.2. The second-order valence-electron chi connectivity index (χ2n) is 3.54. The molecule has 0 aliphatic heterocycles. The van der Waals surface area contributed by atoms with Crippen LogP contribution in [0.3, 0.4) is 0 Å². The molecule has 1 aromatic heterocycles. The molecule has 0 saturated heterocycles. The number of benzene rings is 1. The van der Waals surface area contributed by atoms with E-state index >= 15 is 0 Å². The van der Waals surface area contributed by atoms with Crippen LogP contribution >= 0.6 is 0 Å². The van der Waals surface area contributed by atoms with Crippen molar-refractivity contribution in [3.63, 3.8) is 0 Å². The molecule has 1 heterocycles. The van der Waals surface area contributed by atoms with Crippen LogP contribution in [-0.2, 0) is 13.1 Å². The van der Waals surface area contributed by atoms with Gasteiger partial charge in [0.15, 0.2) is 0 Å². The summed E-state index contributed by atoms with van der Waals surface area (Å²) in [5.41, 5.74) is 7.94. The average molecular weight is 219 g/mol. The Hall–Kier alpha value is -1.68. The largest absolute Gasteiger partial charge is 0.326 e. The molecule has 2 aromatic rings. The summed E-state index contributed by atoms with van der Waals surface area (Å²) in [5, 5.41) is 4.18. The van der Waals surface area contributed by atoms with Gasteiger partial charge in [0.2, 0.25) is 0 Å². The molecule has 0 spiro atoms. The smallest absolute Gasteiger partial charge is 0.127 e. The molecule has 1 aromatic carbocycles. The maximum Gasteiger partial charge on any atom is 0.127 e. The van der Waals surface area contributed by atoms with E-state index in [1.807, 2.05) is 17.7 Å². The van der Waals surface area contributed by atoms with Crippen molar-refractivity contribution in [1.82, 2.24) is 9.78 Å². The van der Waals surface area contributed by atoms with Crippen LogP contribution < -0.4 is 5.73 Å². The van der Waals surface area contributed by atoms with Gasteiger partial charge in [-0.25, -0.2) is 4.39 Å². The van der Waals surface area contributed by atoms with Crippen LogP contribution in [0.1, 0.15) is 12.5 Å². The minimum atomic E-state index is -0.256. The van der Waals surface area contributed by atoms with E-state index in [-0.39, 0.29) is 12.4 Å². The van der Waals surface area contributed by atoms with Crippen molar-refractivity contribution in [1.29, 1.82) is 0 Å². The molecule has 0 fully saturated rings. The zero-order valence-electron chi connectivity index (χ0n) is 9.15. The normalized spacial score (nSPS) is 10.7. The number of aromatic nitrogens is 2. The highest BCUT2D eigenvalue weighted by Crippen LogP contribution is 2.21. The Morgan fingerprint density at radius 2 is 2.19 bits per heavy atom. The maximum atomic E-state index is 13.3. The molecular weight excluding hydrogens is 205 g/mol. The molecule has 84 valence electrons. The lowest BCUT2D eigenvalue weighted by atomic mass is 10.1. The second kappa shape index (κ2) is 4.45. The van der Waals surface area contributed by atoms with Crippen LogP contribution in [0.2, 0.25) is 0 Å². The molecule has 0 amide bonds. The molecule has 0 aliphatic carbocycles. The number of aryl methyl sites for hydroxylation is 1. The standard InChI is InChI=1S/C12H14FN3/c1-2-16-12(5-6-15-16)9-3-4-11(13)10(7-9)8-14/h3-7H,2,8,14H2,1H3. The van der Waals surface area contributed by atoms with E-state index in [1.165, 1.54) is 6.07 Å². The summed E-state index contributed by atoms with van der Waals surface area (Å²) in [4.78, 5) is 0. The van der Waals surface area contributed by atoms with Crippen LogP contribution in [0, 0.1) is 5.82 Å². The molecule has 16 heavy (non-hydrogen) atoms. The molecule has 0 saturated carbocycles. The molecule has 3 nitrogen and oxygen atoms in total. The van der Waals surface area contributed by atoms with Gasteiger partial charge in [-0.3, -0.25) is 4.68 Å². The van der Waals surface area contributed by atoms with Gasteiger partial charge in [0.05, 0.1) is 5.69 Å². The Morgan fingerprint density at radius 1 is 1.38 bits per heavy atom. The van der Waals surface area contributed by atoms with Gasteiger partial charge < -0.3 is 5.73 Å². The van der Waals surface area contributed by atoms with Crippen molar-refractivity contribution in [2.75, 3.05) is 0 Å². The summed E-state index contributed by atoms with van der Waals surface area (Å²) in [5.74, 6) is -0.256. The predicted molar refractivity (Wildman–Crippen MR) is 61.2 cm³/mol. The average Bonchev–Trinajstić information content (AvgIpc) is 2.78. The third kappa shape index (κ3) is 1.84. The molecule has 0 atom stereocenters. The number of hydrogen-bond donors (Lipinski definition) is 1. The number of halogens is 1. The fourth-order valence-electron chi connectivity index (χ4n) is 1.72. The summed E-state index contributed by atoms with van der Waals surface area (Å²) >= 11 is 0. The third-order valence-electron chi connectivity index (χ3n) is 2.58. The SMILES string of the molecule is CCn1nccc1-c1ccc(F)c(CN)c1. The Bertz CT molecular complexity index is 491. The van der Waals surface area contributed by atoms with Gasteiger partial charge in [0.25, 0.3) is 0 Å². The van der Waals surface area contributed by atoms with Crippen molar-refractivity contribution in [3.8, 4) is 11.3 Å². The topological polar surface area (TPSA) is 43.8 Å². The van der Waals surface area contributed by atoms with Crippen LogP contribution in [0.15, 0.2) is 30.5 Å². The van der Waals surface area contributed by atoms with Gasteiger partial charge in [-0.05, 0) is 31.2 Å². The van der Waals surface area contributed by atoms with Gasteiger partial charge >= 0.3 is 0 Å². The summed E-state index contributed by atoms with van der Waals surface area (Å²) in [6, 6.07) is 6.89. The highest BCUT2D eigenvalue weighted by molar-refractivity contribution is 5.60. The minimum absolute atomic E-state index is 0.208. The van der Waals surface area contributed by atoms with Gasteiger partial charge in [-0.2, -0.15) is 5.10 Å². The zero-order valence-corrected chi connectivity index (χ0v) is 9.15. The summed E-state index contributed by atoms with van der Waals surface area (Å²) in [6.45, 7) is 3.02. The van der Waals surface area contributed by atoms with Crippen molar-refractivity contribution >= 4 is 0 Å². The van der Waals surface area contributed by atoms with Crippen LogP contribution in [0.4, 0.5) is 4.39 Å². The van der Waals surface area contributed by atoms with Gasteiger partial charge in [-0.1, -0.05) is 0 Å². The lowest BCUT2D eigenvalue weighted by Crippen LogP contribution is -2.02. The molecular formula is C12H14FN3. The monoisotopic (exact) mass is 219 g/mol. The highest BCUT2D eigenvalue weighted by Gasteiger charge is 2.07. The van der Waals surface area contributed by atoms with Crippen molar-refractivity contribution in [2.24, 2.45) is 5.73 Å². The molecule has 0 radical (unpaired) electrons. The lowest BCUT2D eigenvalue weighted by molar-refractivity contribution is 0.610. The van der Waals surface area contributed by atoms with Gasteiger partial charge in [-0.15, -0.1) is 0 Å². The Labute approximate surface area is 93.7 Å². The Morgan fingerprint density at radius 3 is 2.88 bits per heavy atom. The molecule has 0 bridgehead atoms. The van der Waals surface area contributed by atoms with Crippen LogP contribution in [-0.4, -0.2) is 9.78 Å². The predicted octanol–water partition coefficient (Wildman–Crippen LogP) is 2.17.